The summed E-state index contributed by atoms with van der Waals surface area (Å²) in [6.07, 6.45) is 3.16. The van der Waals surface area contributed by atoms with Gasteiger partial charge in [0.25, 0.3) is 0 Å². The van der Waals surface area contributed by atoms with Crippen LogP contribution in [-0.4, -0.2) is 57.8 Å². The molecule has 0 amide bonds. The summed E-state index contributed by atoms with van der Waals surface area (Å²) in [4.78, 5) is 6.52. The van der Waals surface area contributed by atoms with Gasteiger partial charge in [0.2, 0.25) is 0 Å². The fourth-order valence-corrected chi connectivity index (χ4v) is 3.42. The number of guanidine groups is 1. The highest BCUT2D eigenvalue weighted by molar-refractivity contribution is 14.0. The third kappa shape index (κ3) is 6.83. The van der Waals surface area contributed by atoms with Crippen molar-refractivity contribution in [3.8, 4) is 0 Å². The van der Waals surface area contributed by atoms with Gasteiger partial charge >= 0.3 is 0 Å². The third-order valence-corrected chi connectivity index (χ3v) is 4.75. The molecule has 1 aliphatic rings. The molecule has 0 saturated carbocycles. The second kappa shape index (κ2) is 12.7. The molecule has 2 N–H and O–H groups in total. The molecule has 1 aromatic carbocycles. The number of ether oxygens (including phenoxy) is 1. The lowest BCUT2D eigenvalue weighted by Gasteiger charge is -2.29. The Morgan fingerprint density at radius 3 is 2.69 bits per heavy atom. The third-order valence-electron chi connectivity index (χ3n) is 4.42. The van der Waals surface area contributed by atoms with Gasteiger partial charge in [0.05, 0.1) is 6.04 Å². The molecule has 5 nitrogen and oxygen atoms in total. The van der Waals surface area contributed by atoms with Gasteiger partial charge in [-0.05, 0) is 44.5 Å². The maximum absolute atomic E-state index is 14.4. The Labute approximate surface area is 177 Å². The van der Waals surface area contributed by atoms with Crippen molar-refractivity contribution in [1.29, 1.82) is 0 Å². The number of methoxy groups -OCH3 is 1. The number of rotatable bonds is 8. The van der Waals surface area contributed by atoms with Crippen LogP contribution in [0, 0.1) is 5.82 Å². The van der Waals surface area contributed by atoms with E-state index in [1.165, 1.54) is 6.07 Å². The lowest BCUT2D eigenvalue weighted by Crippen LogP contribution is -2.43. The van der Waals surface area contributed by atoms with Crippen molar-refractivity contribution < 1.29 is 9.13 Å². The molecular weight excluding hydrogens is 470 g/mol. The summed E-state index contributed by atoms with van der Waals surface area (Å²) in [6.45, 7) is 3.92. The maximum atomic E-state index is 14.4. The van der Waals surface area contributed by atoms with Crippen molar-refractivity contribution in [2.75, 3.05) is 46.9 Å². The molecule has 26 heavy (non-hydrogen) atoms. The molecule has 1 saturated heterocycles. The van der Waals surface area contributed by atoms with E-state index in [-0.39, 0.29) is 35.8 Å². The number of halogens is 3. The first-order valence-corrected chi connectivity index (χ1v) is 9.16. The Bertz CT molecular complexity index is 550. The highest BCUT2D eigenvalue weighted by atomic mass is 127. The molecule has 0 aliphatic carbocycles. The standard InChI is InChI=1S/C18H28ClFN4O.HI/c1-21-18(22-9-6-12-25-2)23-13-16(24-10-3-4-11-24)17-14(19)7-5-8-15(17)20;/h5,7-8,16H,3-4,6,9-13H2,1-2H3,(H2,21,22,23);1H. The Kier molecular flexibility index (Phi) is 11.4. The summed E-state index contributed by atoms with van der Waals surface area (Å²) in [5, 5.41) is 7.03. The second-order valence-corrected chi connectivity index (χ2v) is 6.53. The first-order chi connectivity index (χ1) is 12.2. The van der Waals surface area contributed by atoms with Crippen LogP contribution in [0.25, 0.3) is 0 Å². The van der Waals surface area contributed by atoms with Crippen molar-refractivity contribution in [2.24, 2.45) is 4.99 Å². The topological polar surface area (TPSA) is 48.9 Å². The molecule has 8 heteroatoms. The van der Waals surface area contributed by atoms with E-state index in [0.29, 0.717) is 29.7 Å². The molecule has 148 valence electrons. The molecule has 1 unspecified atom stereocenters. The SMILES string of the molecule is CN=C(NCCCOC)NCC(c1c(F)cccc1Cl)N1CCCC1.I. The van der Waals surface area contributed by atoms with Gasteiger partial charge in [0.1, 0.15) is 5.82 Å². The van der Waals surface area contributed by atoms with Gasteiger partial charge in [-0.1, -0.05) is 17.7 Å². The van der Waals surface area contributed by atoms with Crippen LogP contribution >= 0.6 is 35.6 Å². The van der Waals surface area contributed by atoms with Crippen LogP contribution in [0.5, 0.6) is 0 Å². The molecule has 1 aromatic rings. The van der Waals surface area contributed by atoms with Crippen LogP contribution in [0.2, 0.25) is 5.02 Å². The van der Waals surface area contributed by atoms with E-state index < -0.39 is 0 Å². The summed E-state index contributed by atoms with van der Waals surface area (Å²) in [6, 6.07) is 4.75. The first-order valence-electron chi connectivity index (χ1n) is 8.78. The van der Waals surface area contributed by atoms with Gasteiger partial charge in [-0.25, -0.2) is 4.39 Å². The minimum Gasteiger partial charge on any atom is -0.385 e. The lowest BCUT2D eigenvalue weighted by molar-refractivity contribution is 0.195. The lowest BCUT2D eigenvalue weighted by atomic mass is 10.0. The number of benzene rings is 1. The number of aliphatic imine (C=N–C) groups is 1. The highest BCUT2D eigenvalue weighted by Crippen LogP contribution is 2.31. The van der Waals surface area contributed by atoms with E-state index in [1.807, 2.05) is 0 Å². The molecule has 1 atom stereocenters. The second-order valence-electron chi connectivity index (χ2n) is 6.12. The number of likely N-dealkylation sites (tertiary alicyclic amines) is 1. The molecule has 1 aliphatic heterocycles. The molecule has 0 aromatic heterocycles. The molecule has 1 fully saturated rings. The number of hydrogen-bond acceptors (Lipinski definition) is 3. The average molecular weight is 499 g/mol. The molecule has 1 heterocycles. The Hall–Kier alpha value is -0.640. The van der Waals surface area contributed by atoms with Gasteiger partial charge in [-0.15, -0.1) is 24.0 Å². The maximum Gasteiger partial charge on any atom is 0.191 e. The van der Waals surface area contributed by atoms with Gasteiger partial charge in [0, 0.05) is 44.4 Å². The predicted octanol–water partition coefficient (Wildman–Crippen LogP) is 3.44. The summed E-state index contributed by atoms with van der Waals surface area (Å²) < 4.78 is 19.5. The molecule has 0 spiro atoms. The highest BCUT2D eigenvalue weighted by Gasteiger charge is 2.27. The van der Waals surface area contributed by atoms with Crippen LogP contribution in [0.3, 0.4) is 0 Å². The molecule has 0 bridgehead atoms. The van der Waals surface area contributed by atoms with Crippen molar-refractivity contribution >= 4 is 41.5 Å². The van der Waals surface area contributed by atoms with E-state index in [0.717, 1.165) is 38.9 Å². The van der Waals surface area contributed by atoms with Gasteiger partial charge in [-0.2, -0.15) is 0 Å². The van der Waals surface area contributed by atoms with Crippen molar-refractivity contribution in [2.45, 2.75) is 25.3 Å². The number of nitrogens with one attached hydrogen (secondary N) is 2. The van der Waals surface area contributed by atoms with Gasteiger partial charge in [-0.3, -0.25) is 9.89 Å². The average Bonchev–Trinajstić information content (AvgIpc) is 3.13. The smallest absolute Gasteiger partial charge is 0.191 e. The Morgan fingerprint density at radius 2 is 2.08 bits per heavy atom. The summed E-state index contributed by atoms with van der Waals surface area (Å²) in [5.41, 5.74) is 0.563. The van der Waals surface area contributed by atoms with Crippen molar-refractivity contribution in [1.82, 2.24) is 15.5 Å². The largest absolute Gasteiger partial charge is 0.385 e. The number of hydrogen-bond donors (Lipinski definition) is 2. The van der Waals surface area contributed by atoms with Crippen LogP contribution in [0.4, 0.5) is 4.39 Å². The van der Waals surface area contributed by atoms with E-state index in [1.54, 1.807) is 26.3 Å². The van der Waals surface area contributed by atoms with E-state index in [9.17, 15) is 4.39 Å². The van der Waals surface area contributed by atoms with Crippen LogP contribution in [0.1, 0.15) is 30.9 Å². The minimum absolute atomic E-state index is 0. The molecule has 2 rings (SSSR count). The zero-order valence-corrected chi connectivity index (χ0v) is 18.5. The van der Waals surface area contributed by atoms with Crippen LogP contribution < -0.4 is 10.6 Å². The van der Waals surface area contributed by atoms with Gasteiger partial charge in [0.15, 0.2) is 5.96 Å². The zero-order chi connectivity index (χ0) is 18.1. The van der Waals surface area contributed by atoms with Crippen molar-refractivity contribution in [3.05, 3.63) is 34.6 Å². The Morgan fingerprint density at radius 1 is 1.35 bits per heavy atom. The van der Waals surface area contributed by atoms with E-state index in [2.05, 4.69) is 20.5 Å². The predicted molar refractivity (Wildman–Crippen MR) is 116 cm³/mol. The fraction of sp³-hybridized carbons (Fsp3) is 0.611. The normalized spacial score (nSPS) is 16.2. The molecular formula is C18H29ClFIN4O. The van der Waals surface area contributed by atoms with E-state index in [4.69, 9.17) is 16.3 Å². The summed E-state index contributed by atoms with van der Waals surface area (Å²) >= 11 is 6.32. The van der Waals surface area contributed by atoms with Crippen LogP contribution in [-0.2, 0) is 4.74 Å². The van der Waals surface area contributed by atoms with Gasteiger partial charge < -0.3 is 15.4 Å². The Balaban J connectivity index is 0.00000338. The van der Waals surface area contributed by atoms with E-state index >= 15 is 0 Å². The quantitative estimate of drug-likeness (QED) is 0.250. The fourth-order valence-electron chi connectivity index (χ4n) is 3.13. The first kappa shape index (κ1) is 23.4. The summed E-state index contributed by atoms with van der Waals surface area (Å²) in [7, 11) is 3.42. The monoisotopic (exact) mass is 498 g/mol. The molecule has 0 radical (unpaired) electrons. The zero-order valence-electron chi connectivity index (χ0n) is 15.4. The summed E-state index contributed by atoms with van der Waals surface area (Å²) in [5.74, 6) is 0.446. The minimum atomic E-state index is -0.255. The number of nitrogens with zero attached hydrogens (tertiary/aromatic N) is 2. The van der Waals surface area contributed by atoms with Crippen molar-refractivity contribution in [3.63, 3.8) is 0 Å². The van der Waals surface area contributed by atoms with Crippen LogP contribution in [0.15, 0.2) is 23.2 Å².